The van der Waals surface area contributed by atoms with E-state index in [0.29, 0.717) is 0 Å². The summed E-state index contributed by atoms with van der Waals surface area (Å²) in [5.41, 5.74) is 0.909. The topological polar surface area (TPSA) is 50.7 Å². The smallest absolute Gasteiger partial charge is 0.118 e. The molecule has 0 saturated heterocycles. The second-order valence-electron chi connectivity index (χ2n) is 4.53. The van der Waals surface area contributed by atoms with E-state index >= 15 is 0 Å². The molecule has 0 saturated carbocycles. The van der Waals surface area contributed by atoms with Gasteiger partial charge in [-0.2, -0.15) is 0 Å². The van der Waals surface area contributed by atoms with Crippen LogP contribution < -0.4 is 10.1 Å². The van der Waals surface area contributed by atoms with E-state index in [2.05, 4.69) is 12.2 Å². The Balaban J connectivity index is 2.53. The molecule has 19 heavy (non-hydrogen) atoms. The van der Waals surface area contributed by atoms with Gasteiger partial charge < -0.3 is 19.9 Å². The summed E-state index contributed by atoms with van der Waals surface area (Å²) in [5, 5.41) is 13.7. The Kier molecular flexibility index (Phi) is 7.48. The van der Waals surface area contributed by atoms with Crippen molar-refractivity contribution in [2.24, 2.45) is 0 Å². The van der Waals surface area contributed by atoms with E-state index in [1.54, 1.807) is 14.2 Å². The molecule has 0 aliphatic carbocycles. The van der Waals surface area contributed by atoms with Crippen LogP contribution in [-0.2, 0) is 4.74 Å². The predicted molar refractivity (Wildman–Crippen MR) is 76.5 cm³/mol. The molecule has 1 aromatic carbocycles. The monoisotopic (exact) mass is 267 g/mol. The zero-order chi connectivity index (χ0) is 14.1. The molecule has 0 aliphatic heterocycles. The summed E-state index contributed by atoms with van der Waals surface area (Å²) in [6, 6.07) is 7.61. The molecule has 0 bridgehead atoms. The maximum atomic E-state index is 10.4. The first-order valence-corrected chi connectivity index (χ1v) is 6.77. The largest absolute Gasteiger partial charge is 0.497 e. The van der Waals surface area contributed by atoms with Crippen LogP contribution in [0.15, 0.2) is 24.3 Å². The van der Waals surface area contributed by atoms with Gasteiger partial charge in [-0.05, 0) is 37.1 Å². The highest BCUT2D eigenvalue weighted by atomic mass is 16.5. The van der Waals surface area contributed by atoms with Crippen molar-refractivity contribution in [3.05, 3.63) is 29.8 Å². The molecule has 108 valence electrons. The molecule has 2 unspecified atom stereocenters. The van der Waals surface area contributed by atoms with Gasteiger partial charge in [-0.25, -0.2) is 0 Å². The van der Waals surface area contributed by atoms with E-state index in [1.165, 1.54) is 0 Å². The predicted octanol–water partition coefficient (Wildman–Crippen LogP) is 2.13. The van der Waals surface area contributed by atoms with Gasteiger partial charge in [0.2, 0.25) is 0 Å². The molecule has 1 rings (SSSR count). The van der Waals surface area contributed by atoms with Gasteiger partial charge in [-0.1, -0.05) is 19.1 Å². The van der Waals surface area contributed by atoms with Crippen LogP contribution in [0.2, 0.25) is 0 Å². The third kappa shape index (κ3) is 5.19. The van der Waals surface area contributed by atoms with Crippen molar-refractivity contribution in [3.63, 3.8) is 0 Å². The summed E-state index contributed by atoms with van der Waals surface area (Å²) in [7, 11) is 3.33. The van der Waals surface area contributed by atoms with Gasteiger partial charge in [-0.3, -0.25) is 0 Å². The second kappa shape index (κ2) is 8.91. The van der Waals surface area contributed by atoms with Gasteiger partial charge in [-0.15, -0.1) is 0 Å². The zero-order valence-corrected chi connectivity index (χ0v) is 12.1. The Bertz CT molecular complexity index is 340. The molecule has 4 nitrogen and oxygen atoms in total. The summed E-state index contributed by atoms with van der Waals surface area (Å²) in [6.45, 7) is 3.66. The Labute approximate surface area is 115 Å². The number of methoxy groups -OCH3 is 2. The lowest BCUT2D eigenvalue weighted by atomic mass is 10.00. The van der Waals surface area contributed by atoms with Crippen LogP contribution in [0, 0.1) is 0 Å². The SMILES string of the molecule is CCC(NCCCOC)C(O)c1ccc(OC)cc1. The molecule has 0 aliphatic rings. The third-order valence-electron chi connectivity index (χ3n) is 3.21. The van der Waals surface area contributed by atoms with Gasteiger partial charge in [0, 0.05) is 19.8 Å². The van der Waals surface area contributed by atoms with Gasteiger partial charge in [0.05, 0.1) is 13.2 Å². The normalized spacial score (nSPS) is 14.1. The molecule has 2 atom stereocenters. The number of hydrogen-bond acceptors (Lipinski definition) is 4. The first-order valence-electron chi connectivity index (χ1n) is 6.77. The Morgan fingerprint density at radius 3 is 2.42 bits per heavy atom. The van der Waals surface area contributed by atoms with Crippen molar-refractivity contribution < 1.29 is 14.6 Å². The minimum Gasteiger partial charge on any atom is -0.497 e. The Morgan fingerprint density at radius 1 is 1.21 bits per heavy atom. The fourth-order valence-electron chi connectivity index (χ4n) is 2.02. The molecule has 0 amide bonds. The van der Waals surface area contributed by atoms with Gasteiger partial charge in [0.1, 0.15) is 5.75 Å². The van der Waals surface area contributed by atoms with E-state index in [0.717, 1.165) is 37.3 Å². The molecular weight excluding hydrogens is 242 g/mol. The van der Waals surface area contributed by atoms with Gasteiger partial charge in [0.25, 0.3) is 0 Å². The third-order valence-corrected chi connectivity index (χ3v) is 3.21. The molecule has 0 heterocycles. The van der Waals surface area contributed by atoms with Crippen LogP contribution in [0.5, 0.6) is 5.75 Å². The lowest BCUT2D eigenvalue weighted by Gasteiger charge is -2.23. The van der Waals surface area contributed by atoms with Crippen molar-refractivity contribution in [1.82, 2.24) is 5.32 Å². The van der Waals surface area contributed by atoms with Crippen LogP contribution in [0.4, 0.5) is 0 Å². The minimum atomic E-state index is -0.501. The molecule has 0 spiro atoms. The van der Waals surface area contributed by atoms with Crippen LogP contribution >= 0.6 is 0 Å². The van der Waals surface area contributed by atoms with Crippen LogP contribution in [0.25, 0.3) is 0 Å². The lowest BCUT2D eigenvalue weighted by molar-refractivity contribution is 0.123. The maximum absolute atomic E-state index is 10.4. The van der Waals surface area contributed by atoms with E-state index < -0.39 is 6.10 Å². The highest BCUT2D eigenvalue weighted by Crippen LogP contribution is 2.21. The first kappa shape index (κ1) is 16.0. The highest BCUT2D eigenvalue weighted by molar-refractivity contribution is 5.29. The van der Waals surface area contributed by atoms with Crippen LogP contribution in [-0.4, -0.2) is 38.5 Å². The second-order valence-corrected chi connectivity index (χ2v) is 4.53. The highest BCUT2D eigenvalue weighted by Gasteiger charge is 2.18. The maximum Gasteiger partial charge on any atom is 0.118 e. The quantitative estimate of drug-likeness (QED) is 0.673. The molecule has 0 aromatic heterocycles. The van der Waals surface area contributed by atoms with Crippen molar-refractivity contribution >= 4 is 0 Å². The fourth-order valence-corrected chi connectivity index (χ4v) is 2.02. The number of rotatable bonds is 9. The van der Waals surface area contributed by atoms with E-state index in [1.807, 2.05) is 24.3 Å². The van der Waals surface area contributed by atoms with Crippen molar-refractivity contribution in [2.45, 2.75) is 31.9 Å². The molecule has 0 radical (unpaired) electrons. The van der Waals surface area contributed by atoms with Gasteiger partial charge >= 0.3 is 0 Å². The fraction of sp³-hybridized carbons (Fsp3) is 0.600. The summed E-state index contributed by atoms with van der Waals surface area (Å²) >= 11 is 0. The number of hydrogen-bond donors (Lipinski definition) is 2. The van der Waals surface area contributed by atoms with Crippen molar-refractivity contribution in [3.8, 4) is 5.75 Å². The molecule has 0 fully saturated rings. The standard InChI is InChI=1S/C15H25NO3/c1-4-14(16-10-5-11-18-2)15(17)12-6-8-13(19-3)9-7-12/h6-9,14-17H,4-5,10-11H2,1-3H3. The summed E-state index contributed by atoms with van der Waals surface area (Å²) in [6.07, 6.45) is 1.32. The Morgan fingerprint density at radius 2 is 1.89 bits per heavy atom. The molecule has 4 heteroatoms. The van der Waals surface area contributed by atoms with E-state index in [9.17, 15) is 5.11 Å². The number of aliphatic hydroxyl groups excluding tert-OH is 1. The van der Waals surface area contributed by atoms with Crippen LogP contribution in [0.1, 0.15) is 31.4 Å². The lowest BCUT2D eigenvalue weighted by Crippen LogP contribution is -2.35. The minimum absolute atomic E-state index is 0.0604. The Hall–Kier alpha value is -1.10. The average Bonchev–Trinajstić information content (AvgIpc) is 2.47. The zero-order valence-electron chi connectivity index (χ0n) is 12.1. The molecular formula is C15H25NO3. The molecule has 2 N–H and O–H groups in total. The van der Waals surface area contributed by atoms with Crippen molar-refractivity contribution in [1.29, 1.82) is 0 Å². The van der Waals surface area contributed by atoms with E-state index in [-0.39, 0.29) is 6.04 Å². The number of nitrogens with one attached hydrogen (secondary N) is 1. The first-order chi connectivity index (χ1) is 9.22. The summed E-state index contributed by atoms with van der Waals surface area (Å²) < 4.78 is 10.1. The molecule has 1 aromatic rings. The summed E-state index contributed by atoms with van der Waals surface area (Å²) in [5.74, 6) is 0.803. The summed E-state index contributed by atoms with van der Waals surface area (Å²) in [4.78, 5) is 0. The van der Waals surface area contributed by atoms with Crippen LogP contribution in [0.3, 0.4) is 0 Å². The number of ether oxygens (including phenoxy) is 2. The number of benzene rings is 1. The van der Waals surface area contributed by atoms with Crippen molar-refractivity contribution in [2.75, 3.05) is 27.4 Å². The van der Waals surface area contributed by atoms with Gasteiger partial charge in [0.15, 0.2) is 0 Å². The van der Waals surface area contributed by atoms with E-state index in [4.69, 9.17) is 9.47 Å². The average molecular weight is 267 g/mol. The number of aliphatic hydroxyl groups is 1.